The van der Waals surface area contributed by atoms with E-state index in [1.165, 1.54) is 31.2 Å². The second-order valence-corrected chi connectivity index (χ2v) is 7.73. The molecule has 8 heteroatoms. The number of likely N-dealkylation sites (N-methyl/N-ethyl adjacent to an activating group) is 1. The van der Waals surface area contributed by atoms with E-state index < -0.39 is 15.9 Å². The lowest BCUT2D eigenvalue weighted by atomic mass is 10.2. The minimum absolute atomic E-state index is 0.0339. The largest absolute Gasteiger partial charge is 0.497 e. The maximum Gasteiger partial charge on any atom is 0.243 e. The van der Waals surface area contributed by atoms with Crippen LogP contribution in [0.4, 0.5) is 5.69 Å². The van der Waals surface area contributed by atoms with E-state index in [1.807, 2.05) is 0 Å². The number of methoxy groups -OCH3 is 1. The Kier molecular flexibility index (Phi) is 6.70. The standard InChI is InChI=1S/C19H22N2O5S/c1-4-21(13-19(23)20-16-7-9-17(26-3)10-8-16)27(24,25)18-11-5-15(6-12-18)14(2)22/h5-12H,4,13H2,1-3H3,(H,20,23). The number of Topliss-reactive ketones (excluding diaryl/α,β-unsaturated/α-hetero) is 1. The third-order valence-corrected chi connectivity index (χ3v) is 5.88. The van der Waals surface area contributed by atoms with Crippen molar-refractivity contribution in [1.82, 2.24) is 4.31 Å². The van der Waals surface area contributed by atoms with Crippen molar-refractivity contribution in [3.8, 4) is 5.75 Å². The fourth-order valence-corrected chi connectivity index (χ4v) is 3.82. The zero-order valence-corrected chi connectivity index (χ0v) is 16.2. The first kappa shape index (κ1) is 20.6. The molecule has 0 aromatic heterocycles. The van der Waals surface area contributed by atoms with Gasteiger partial charge in [0.2, 0.25) is 15.9 Å². The quantitative estimate of drug-likeness (QED) is 0.699. The summed E-state index contributed by atoms with van der Waals surface area (Å²) < 4.78 is 31.7. The van der Waals surface area contributed by atoms with E-state index in [0.29, 0.717) is 17.0 Å². The van der Waals surface area contributed by atoms with Crippen LogP contribution in [0.15, 0.2) is 53.4 Å². The predicted octanol–water partition coefficient (Wildman–Crippen LogP) is 2.55. The van der Waals surface area contributed by atoms with E-state index in [2.05, 4.69) is 5.32 Å². The number of hydrogen-bond donors (Lipinski definition) is 1. The van der Waals surface area contributed by atoms with Crippen LogP contribution in [0.25, 0.3) is 0 Å². The van der Waals surface area contributed by atoms with Gasteiger partial charge >= 0.3 is 0 Å². The molecule has 2 rings (SSSR count). The van der Waals surface area contributed by atoms with Gasteiger partial charge in [0.25, 0.3) is 0 Å². The molecular formula is C19H22N2O5S. The summed E-state index contributed by atoms with van der Waals surface area (Å²) in [4.78, 5) is 23.6. The molecule has 2 aromatic rings. The Labute approximate surface area is 159 Å². The Morgan fingerprint density at radius 2 is 1.63 bits per heavy atom. The number of benzene rings is 2. The Balaban J connectivity index is 2.11. The number of nitrogens with zero attached hydrogens (tertiary/aromatic N) is 1. The molecule has 1 N–H and O–H groups in total. The van der Waals surface area contributed by atoms with Gasteiger partial charge in [-0.2, -0.15) is 4.31 Å². The van der Waals surface area contributed by atoms with Crippen molar-refractivity contribution in [3.05, 3.63) is 54.1 Å². The molecule has 0 bridgehead atoms. The monoisotopic (exact) mass is 390 g/mol. The number of carbonyl (C=O) groups excluding carboxylic acids is 2. The molecule has 1 amide bonds. The van der Waals surface area contributed by atoms with E-state index >= 15 is 0 Å². The average molecular weight is 390 g/mol. The first-order chi connectivity index (χ1) is 12.8. The maximum absolute atomic E-state index is 12.8. The molecule has 0 fully saturated rings. The molecule has 0 heterocycles. The van der Waals surface area contributed by atoms with Crippen molar-refractivity contribution in [2.24, 2.45) is 0 Å². The molecule has 0 radical (unpaired) electrons. The number of sulfonamides is 1. The normalized spacial score (nSPS) is 11.3. The van der Waals surface area contributed by atoms with Crippen LogP contribution in [-0.2, 0) is 14.8 Å². The molecule has 0 atom stereocenters. The minimum atomic E-state index is -3.85. The maximum atomic E-state index is 12.8. The zero-order chi connectivity index (χ0) is 20.0. The number of rotatable bonds is 8. The third kappa shape index (κ3) is 5.15. The van der Waals surface area contributed by atoms with Gasteiger partial charge < -0.3 is 10.1 Å². The highest BCUT2D eigenvalue weighted by atomic mass is 32.2. The van der Waals surface area contributed by atoms with Gasteiger partial charge in [0.05, 0.1) is 18.6 Å². The lowest BCUT2D eigenvalue weighted by Gasteiger charge is -2.20. The second-order valence-electron chi connectivity index (χ2n) is 5.79. The molecule has 0 saturated carbocycles. The van der Waals surface area contributed by atoms with Gasteiger partial charge in [0, 0.05) is 17.8 Å². The van der Waals surface area contributed by atoms with E-state index in [0.717, 1.165) is 4.31 Å². The predicted molar refractivity (Wildman–Crippen MR) is 103 cm³/mol. The first-order valence-electron chi connectivity index (χ1n) is 8.33. The molecule has 0 aliphatic heterocycles. The summed E-state index contributed by atoms with van der Waals surface area (Å²) in [6, 6.07) is 12.4. The van der Waals surface area contributed by atoms with Gasteiger partial charge in [0.15, 0.2) is 5.78 Å². The molecule has 144 valence electrons. The van der Waals surface area contributed by atoms with Crippen molar-refractivity contribution >= 4 is 27.4 Å². The van der Waals surface area contributed by atoms with Crippen molar-refractivity contribution in [1.29, 1.82) is 0 Å². The Hall–Kier alpha value is -2.71. The smallest absolute Gasteiger partial charge is 0.243 e. The van der Waals surface area contributed by atoms with Crippen LogP contribution in [0.3, 0.4) is 0 Å². The highest BCUT2D eigenvalue weighted by molar-refractivity contribution is 7.89. The van der Waals surface area contributed by atoms with Crippen LogP contribution in [0.5, 0.6) is 5.75 Å². The minimum Gasteiger partial charge on any atom is -0.497 e. The molecule has 27 heavy (non-hydrogen) atoms. The van der Waals surface area contributed by atoms with E-state index in [1.54, 1.807) is 38.3 Å². The van der Waals surface area contributed by atoms with Gasteiger partial charge in [-0.1, -0.05) is 19.1 Å². The van der Waals surface area contributed by atoms with Gasteiger partial charge in [-0.25, -0.2) is 8.42 Å². The number of anilines is 1. The summed E-state index contributed by atoms with van der Waals surface area (Å²) >= 11 is 0. The van der Waals surface area contributed by atoms with Crippen LogP contribution < -0.4 is 10.1 Å². The lowest BCUT2D eigenvalue weighted by molar-refractivity contribution is -0.116. The summed E-state index contributed by atoms with van der Waals surface area (Å²) in [6.45, 7) is 2.87. The summed E-state index contributed by atoms with van der Waals surface area (Å²) in [5.74, 6) is 0.0517. The Bertz CT molecular complexity index is 906. The molecule has 7 nitrogen and oxygen atoms in total. The van der Waals surface area contributed by atoms with Crippen LogP contribution >= 0.6 is 0 Å². The summed E-state index contributed by atoms with van der Waals surface area (Å²) in [6.07, 6.45) is 0. The van der Waals surface area contributed by atoms with Crippen molar-refractivity contribution < 1.29 is 22.7 Å². The SMILES string of the molecule is CCN(CC(=O)Nc1ccc(OC)cc1)S(=O)(=O)c1ccc(C(C)=O)cc1. The number of ether oxygens (including phenoxy) is 1. The molecule has 2 aromatic carbocycles. The van der Waals surface area contributed by atoms with Crippen LogP contribution in [0.1, 0.15) is 24.2 Å². The Morgan fingerprint density at radius 3 is 2.11 bits per heavy atom. The van der Waals surface area contributed by atoms with Crippen molar-refractivity contribution in [2.45, 2.75) is 18.7 Å². The van der Waals surface area contributed by atoms with Crippen LogP contribution in [-0.4, -0.2) is 44.6 Å². The number of hydrogen-bond acceptors (Lipinski definition) is 5. The summed E-state index contributed by atoms with van der Waals surface area (Å²) in [5.41, 5.74) is 0.967. The fourth-order valence-electron chi connectivity index (χ4n) is 2.41. The topological polar surface area (TPSA) is 92.8 Å². The fraction of sp³-hybridized carbons (Fsp3) is 0.263. The molecular weight excluding hydrogens is 368 g/mol. The highest BCUT2D eigenvalue weighted by Gasteiger charge is 2.25. The molecule has 0 aliphatic rings. The van der Waals surface area contributed by atoms with E-state index in [4.69, 9.17) is 4.74 Å². The molecule has 0 spiro atoms. The molecule has 0 unspecified atom stereocenters. The number of amides is 1. The third-order valence-electron chi connectivity index (χ3n) is 3.95. The van der Waals surface area contributed by atoms with Crippen molar-refractivity contribution in [3.63, 3.8) is 0 Å². The van der Waals surface area contributed by atoms with Gasteiger partial charge in [0.1, 0.15) is 5.75 Å². The van der Waals surface area contributed by atoms with Crippen LogP contribution in [0.2, 0.25) is 0 Å². The van der Waals surface area contributed by atoms with Crippen molar-refractivity contribution in [2.75, 3.05) is 25.5 Å². The average Bonchev–Trinajstić information content (AvgIpc) is 2.66. The van der Waals surface area contributed by atoms with Gasteiger partial charge in [-0.3, -0.25) is 9.59 Å². The van der Waals surface area contributed by atoms with Gasteiger partial charge in [-0.05, 0) is 43.3 Å². The number of ketones is 1. The molecule has 0 aliphatic carbocycles. The number of carbonyl (C=O) groups is 2. The summed E-state index contributed by atoms with van der Waals surface area (Å²) in [7, 11) is -2.31. The van der Waals surface area contributed by atoms with E-state index in [9.17, 15) is 18.0 Å². The molecule has 0 saturated heterocycles. The number of nitrogens with one attached hydrogen (secondary N) is 1. The second kappa shape index (κ2) is 8.79. The van der Waals surface area contributed by atoms with E-state index in [-0.39, 0.29) is 23.8 Å². The zero-order valence-electron chi connectivity index (χ0n) is 15.4. The van der Waals surface area contributed by atoms with Crippen LogP contribution in [0, 0.1) is 0 Å². The lowest BCUT2D eigenvalue weighted by Crippen LogP contribution is -2.37. The Morgan fingerprint density at radius 1 is 1.04 bits per heavy atom. The summed E-state index contributed by atoms with van der Waals surface area (Å²) in [5, 5.41) is 2.66. The van der Waals surface area contributed by atoms with Gasteiger partial charge in [-0.15, -0.1) is 0 Å². The highest BCUT2D eigenvalue weighted by Crippen LogP contribution is 2.18. The first-order valence-corrected chi connectivity index (χ1v) is 9.77.